The number of rotatable bonds is 6. The first-order valence-corrected chi connectivity index (χ1v) is 7.42. The van der Waals surface area contributed by atoms with Crippen molar-refractivity contribution in [1.29, 1.82) is 0 Å². The predicted octanol–water partition coefficient (Wildman–Crippen LogP) is 1.57. The normalized spacial score (nSPS) is 10.4. The molecule has 0 atom stereocenters. The maximum absolute atomic E-state index is 12.1. The Morgan fingerprint density at radius 3 is 2.95 bits per heavy atom. The van der Waals surface area contributed by atoms with E-state index in [-0.39, 0.29) is 5.91 Å². The van der Waals surface area contributed by atoms with Crippen molar-refractivity contribution in [3.63, 3.8) is 0 Å². The third kappa shape index (κ3) is 4.22. The zero-order valence-corrected chi connectivity index (χ0v) is 13.1. The van der Waals surface area contributed by atoms with Crippen LogP contribution >= 0.6 is 11.8 Å². The Hall–Kier alpha value is -2.02. The molecule has 1 aromatic carbocycles. The molecule has 0 aliphatic carbocycles. The number of amides is 1. The summed E-state index contributed by atoms with van der Waals surface area (Å²) < 4.78 is 6.97. The zero-order chi connectivity index (χ0) is 15.2. The van der Waals surface area contributed by atoms with Crippen LogP contribution in [0.15, 0.2) is 35.7 Å². The highest BCUT2D eigenvalue weighted by atomic mass is 32.2. The highest BCUT2D eigenvalue weighted by molar-refractivity contribution is 7.99. The van der Waals surface area contributed by atoms with Crippen molar-refractivity contribution in [2.75, 3.05) is 19.9 Å². The first-order chi connectivity index (χ1) is 10.1. The molecule has 0 saturated carbocycles. The first kappa shape index (κ1) is 15.4. The average Bonchev–Trinajstić information content (AvgIpc) is 2.90. The standard InChI is InChI=1S/C14H18N4O2S/c1-17(8-11-5-4-6-12(7-11)20-3)13(19)9-21-14-16-15-10-18(14)2/h4-7,10H,8-9H2,1-3H3. The third-order valence-electron chi connectivity index (χ3n) is 2.97. The van der Waals surface area contributed by atoms with Gasteiger partial charge in [0, 0.05) is 20.6 Å². The third-order valence-corrected chi connectivity index (χ3v) is 3.99. The summed E-state index contributed by atoms with van der Waals surface area (Å²) in [7, 11) is 5.28. The minimum absolute atomic E-state index is 0.0471. The lowest BCUT2D eigenvalue weighted by atomic mass is 10.2. The second-order valence-electron chi connectivity index (χ2n) is 4.61. The van der Waals surface area contributed by atoms with Gasteiger partial charge in [-0.05, 0) is 17.7 Å². The van der Waals surface area contributed by atoms with E-state index in [0.717, 1.165) is 16.5 Å². The van der Waals surface area contributed by atoms with E-state index in [4.69, 9.17) is 4.74 Å². The van der Waals surface area contributed by atoms with Gasteiger partial charge in [-0.1, -0.05) is 23.9 Å². The molecule has 0 spiro atoms. The summed E-state index contributed by atoms with van der Waals surface area (Å²) in [5, 5.41) is 8.46. The van der Waals surface area contributed by atoms with Gasteiger partial charge in [0.1, 0.15) is 12.1 Å². The van der Waals surface area contributed by atoms with E-state index in [1.807, 2.05) is 31.3 Å². The highest BCUT2D eigenvalue weighted by Crippen LogP contribution is 2.16. The summed E-state index contributed by atoms with van der Waals surface area (Å²) in [5.74, 6) is 1.18. The number of carbonyl (C=O) groups is 1. The fourth-order valence-corrected chi connectivity index (χ4v) is 2.60. The van der Waals surface area contributed by atoms with Gasteiger partial charge in [-0.2, -0.15) is 0 Å². The Kier molecular flexibility index (Phi) is 5.21. The summed E-state index contributed by atoms with van der Waals surface area (Å²) in [5.41, 5.74) is 1.04. The van der Waals surface area contributed by atoms with Crippen molar-refractivity contribution in [1.82, 2.24) is 19.7 Å². The van der Waals surface area contributed by atoms with Gasteiger partial charge < -0.3 is 14.2 Å². The number of methoxy groups -OCH3 is 1. The smallest absolute Gasteiger partial charge is 0.233 e. The van der Waals surface area contributed by atoms with E-state index >= 15 is 0 Å². The van der Waals surface area contributed by atoms with E-state index < -0.39 is 0 Å². The number of hydrogen-bond donors (Lipinski definition) is 0. The molecule has 1 amide bonds. The van der Waals surface area contributed by atoms with Crippen LogP contribution in [-0.2, 0) is 18.4 Å². The number of benzene rings is 1. The summed E-state index contributed by atoms with van der Waals surface area (Å²) in [6, 6.07) is 7.71. The molecule has 0 aliphatic rings. The highest BCUT2D eigenvalue weighted by Gasteiger charge is 2.12. The Morgan fingerprint density at radius 2 is 2.29 bits per heavy atom. The molecule has 0 fully saturated rings. The van der Waals surface area contributed by atoms with Gasteiger partial charge in [0.05, 0.1) is 12.9 Å². The number of aromatic nitrogens is 3. The van der Waals surface area contributed by atoms with Crippen LogP contribution in [0.25, 0.3) is 0 Å². The van der Waals surface area contributed by atoms with Crippen LogP contribution < -0.4 is 4.74 Å². The van der Waals surface area contributed by atoms with Crippen LogP contribution in [0.1, 0.15) is 5.56 Å². The van der Waals surface area contributed by atoms with Gasteiger partial charge in [0.25, 0.3) is 0 Å². The molecule has 0 N–H and O–H groups in total. The molecule has 6 nitrogen and oxygen atoms in total. The Morgan fingerprint density at radius 1 is 1.48 bits per heavy atom. The molecule has 21 heavy (non-hydrogen) atoms. The van der Waals surface area contributed by atoms with E-state index in [1.165, 1.54) is 11.8 Å². The molecule has 0 saturated heterocycles. The van der Waals surface area contributed by atoms with Crippen molar-refractivity contribution in [3.8, 4) is 5.75 Å². The van der Waals surface area contributed by atoms with Crippen molar-refractivity contribution in [2.24, 2.45) is 7.05 Å². The molecule has 0 bridgehead atoms. The summed E-state index contributed by atoms with van der Waals surface area (Å²) in [6.45, 7) is 0.551. The molecule has 0 radical (unpaired) electrons. The molecule has 0 unspecified atom stereocenters. The van der Waals surface area contributed by atoms with Crippen molar-refractivity contribution >= 4 is 17.7 Å². The lowest BCUT2D eigenvalue weighted by Gasteiger charge is -2.17. The van der Waals surface area contributed by atoms with Crippen LogP contribution in [0.5, 0.6) is 5.75 Å². The van der Waals surface area contributed by atoms with Crippen molar-refractivity contribution in [3.05, 3.63) is 36.2 Å². The van der Waals surface area contributed by atoms with Gasteiger partial charge in [0.15, 0.2) is 5.16 Å². The SMILES string of the molecule is COc1cccc(CN(C)C(=O)CSc2nncn2C)c1. The number of carbonyl (C=O) groups excluding carboxylic acids is 1. The molecular weight excluding hydrogens is 288 g/mol. The monoisotopic (exact) mass is 306 g/mol. The lowest BCUT2D eigenvalue weighted by Crippen LogP contribution is -2.27. The van der Waals surface area contributed by atoms with Gasteiger partial charge in [0.2, 0.25) is 5.91 Å². The minimum Gasteiger partial charge on any atom is -0.497 e. The van der Waals surface area contributed by atoms with Gasteiger partial charge >= 0.3 is 0 Å². The molecule has 0 aliphatic heterocycles. The minimum atomic E-state index is 0.0471. The van der Waals surface area contributed by atoms with Crippen LogP contribution in [0.3, 0.4) is 0 Å². The van der Waals surface area contributed by atoms with Crippen LogP contribution in [-0.4, -0.2) is 45.5 Å². The Balaban J connectivity index is 1.88. The largest absolute Gasteiger partial charge is 0.497 e. The van der Waals surface area contributed by atoms with Gasteiger partial charge in [-0.3, -0.25) is 4.79 Å². The Bertz CT molecular complexity index is 615. The Labute approximate surface area is 128 Å². The molecule has 2 rings (SSSR count). The topological polar surface area (TPSA) is 60.2 Å². The maximum atomic E-state index is 12.1. The second kappa shape index (κ2) is 7.12. The van der Waals surface area contributed by atoms with Gasteiger partial charge in [-0.15, -0.1) is 10.2 Å². The predicted molar refractivity (Wildman–Crippen MR) is 81.2 cm³/mol. The van der Waals surface area contributed by atoms with Gasteiger partial charge in [-0.25, -0.2) is 0 Å². The molecule has 112 valence electrons. The van der Waals surface area contributed by atoms with E-state index in [0.29, 0.717) is 12.3 Å². The lowest BCUT2D eigenvalue weighted by molar-refractivity contribution is -0.127. The van der Waals surface area contributed by atoms with Crippen LogP contribution in [0.2, 0.25) is 0 Å². The fraction of sp³-hybridized carbons (Fsp3) is 0.357. The van der Waals surface area contributed by atoms with E-state index in [1.54, 1.807) is 30.0 Å². The number of aryl methyl sites for hydroxylation is 1. The number of thioether (sulfide) groups is 1. The summed E-state index contributed by atoms with van der Waals surface area (Å²) in [4.78, 5) is 13.8. The van der Waals surface area contributed by atoms with E-state index in [9.17, 15) is 4.79 Å². The van der Waals surface area contributed by atoms with E-state index in [2.05, 4.69) is 10.2 Å². The fourth-order valence-electron chi connectivity index (χ4n) is 1.77. The maximum Gasteiger partial charge on any atom is 0.233 e. The second-order valence-corrected chi connectivity index (χ2v) is 5.56. The first-order valence-electron chi connectivity index (χ1n) is 6.44. The summed E-state index contributed by atoms with van der Waals surface area (Å²) >= 11 is 1.38. The van der Waals surface area contributed by atoms with Crippen LogP contribution in [0, 0.1) is 0 Å². The summed E-state index contributed by atoms with van der Waals surface area (Å²) in [6.07, 6.45) is 1.62. The van der Waals surface area contributed by atoms with Crippen molar-refractivity contribution < 1.29 is 9.53 Å². The molecule has 1 heterocycles. The molecule has 1 aromatic heterocycles. The zero-order valence-electron chi connectivity index (χ0n) is 12.3. The van der Waals surface area contributed by atoms with Crippen LogP contribution in [0.4, 0.5) is 0 Å². The number of ether oxygens (including phenoxy) is 1. The average molecular weight is 306 g/mol. The molecule has 7 heteroatoms. The number of hydrogen-bond acceptors (Lipinski definition) is 5. The molecular formula is C14H18N4O2S. The van der Waals surface area contributed by atoms with Crippen molar-refractivity contribution in [2.45, 2.75) is 11.7 Å². The number of nitrogens with zero attached hydrogens (tertiary/aromatic N) is 4. The quantitative estimate of drug-likeness (QED) is 0.758. The molecule has 2 aromatic rings.